The summed E-state index contributed by atoms with van der Waals surface area (Å²) in [4.78, 5) is 11.4. The zero-order chi connectivity index (χ0) is 15.3. The quantitative estimate of drug-likeness (QED) is 0.637. The lowest BCUT2D eigenvalue weighted by molar-refractivity contribution is 0.00625. The van der Waals surface area contributed by atoms with Crippen molar-refractivity contribution in [2.45, 2.75) is 19.6 Å². The maximum atomic E-state index is 11.4. The Morgan fingerprint density at radius 3 is 2.67 bits per heavy atom. The van der Waals surface area contributed by atoms with Gasteiger partial charge in [0.2, 0.25) is 0 Å². The number of carbonyl (C=O) groups excluding carboxylic acids is 1. The Hall–Kier alpha value is -1.63. The number of nitrogens with one attached hydrogen (secondary N) is 1. The van der Waals surface area contributed by atoms with Crippen LogP contribution in [0.15, 0.2) is 30.3 Å². The Bertz CT molecular complexity index is 385. The van der Waals surface area contributed by atoms with E-state index in [9.17, 15) is 9.90 Å². The number of hydrogen-bond donors (Lipinski definition) is 2. The Balaban J connectivity index is 2.04. The van der Waals surface area contributed by atoms with Gasteiger partial charge in [-0.05, 0) is 12.5 Å². The molecule has 0 bridgehead atoms. The zero-order valence-corrected chi connectivity index (χ0v) is 12.3. The molecule has 1 aromatic carbocycles. The Labute approximate surface area is 125 Å². The minimum Gasteiger partial charge on any atom is -0.445 e. The predicted octanol–water partition coefficient (Wildman–Crippen LogP) is 1.33. The van der Waals surface area contributed by atoms with Crippen molar-refractivity contribution in [3.63, 3.8) is 0 Å². The van der Waals surface area contributed by atoms with Crippen molar-refractivity contribution >= 4 is 6.09 Å². The van der Waals surface area contributed by atoms with Crippen molar-refractivity contribution < 1.29 is 24.1 Å². The van der Waals surface area contributed by atoms with Crippen LogP contribution in [0.25, 0.3) is 0 Å². The first-order valence-electron chi connectivity index (χ1n) is 7.00. The highest BCUT2D eigenvalue weighted by Crippen LogP contribution is 2.00. The number of carbonyl (C=O) groups is 1. The third kappa shape index (κ3) is 9.01. The number of aliphatic hydroxyl groups excluding tert-OH is 1. The maximum absolute atomic E-state index is 11.4. The van der Waals surface area contributed by atoms with Gasteiger partial charge in [-0.15, -0.1) is 0 Å². The summed E-state index contributed by atoms with van der Waals surface area (Å²) in [5.41, 5.74) is 0.910. The van der Waals surface area contributed by atoms with Crippen molar-refractivity contribution in [2.75, 3.05) is 33.0 Å². The van der Waals surface area contributed by atoms with Gasteiger partial charge in [0.05, 0.1) is 25.9 Å². The van der Waals surface area contributed by atoms with E-state index in [2.05, 4.69) is 5.32 Å². The van der Waals surface area contributed by atoms with E-state index in [1.54, 1.807) is 0 Å². The van der Waals surface area contributed by atoms with E-state index >= 15 is 0 Å². The number of amides is 1. The molecule has 118 valence electrons. The van der Waals surface area contributed by atoms with E-state index < -0.39 is 12.2 Å². The minimum absolute atomic E-state index is 0.0856. The molecule has 0 aliphatic carbocycles. The van der Waals surface area contributed by atoms with Crippen LogP contribution in [0.5, 0.6) is 0 Å². The third-order valence-electron chi connectivity index (χ3n) is 2.58. The molecule has 0 saturated heterocycles. The van der Waals surface area contributed by atoms with Gasteiger partial charge in [0.1, 0.15) is 6.61 Å². The van der Waals surface area contributed by atoms with E-state index in [4.69, 9.17) is 14.2 Å². The number of hydrogen-bond acceptors (Lipinski definition) is 5. The highest BCUT2D eigenvalue weighted by molar-refractivity contribution is 5.67. The monoisotopic (exact) mass is 297 g/mol. The second kappa shape index (κ2) is 11.1. The van der Waals surface area contributed by atoms with Crippen LogP contribution in [-0.2, 0) is 20.8 Å². The highest BCUT2D eigenvalue weighted by atomic mass is 16.5. The number of alkyl carbamates (subject to hydrolysis) is 1. The molecule has 1 atom stereocenters. The van der Waals surface area contributed by atoms with E-state index in [1.807, 2.05) is 37.3 Å². The van der Waals surface area contributed by atoms with Crippen molar-refractivity contribution in [1.82, 2.24) is 5.32 Å². The molecule has 0 aliphatic heterocycles. The largest absolute Gasteiger partial charge is 0.445 e. The van der Waals surface area contributed by atoms with Gasteiger partial charge in [-0.2, -0.15) is 0 Å². The average molecular weight is 297 g/mol. The molecular formula is C15H23NO5. The molecule has 6 nitrogen and oxygen atoms in total. The molecule has 2 N–H and O–H groups in total. The second-order valence-corrected chi connectivity index (χ2v) is 4.37. The normalized spacial score (nSPS) is 11.9. The second-order valence-electron chi connectivity index (χ2n) is 4.37. The fourth-order valence-corrected chi connectivity index (χ4v) is 1.52. The van der Waals surface area contributed by atoms with Crippen LogP contribution in [0.3, 0.4) is 0 Å². The molecule has 0 spiro atoms. The first-order valence-corrected chi connectivity index (χ1v) is 7.00. The Kier molecular flexibility index (Phi) is 9.19. The van der Waals surface area contributed by atoms with Crippen molar-refractivity contribution in [3.8, 4) is 0 Å². The van der Waals surface area contributed by atoms with Crippen LogP contribution < -0.4 is 5.32 Å². The summed E-state index contributed by atoms with van der Waals surface area (Å²) in [7, 11) is 0. The fraction of sp³-hybridized carbons (Fsp3) is 0.533. The summed E-state index contributed by atoms with van der Waals surface area (Å²) in [6, 6.07) is 9.38. The van der Waals surface area contributed by atoms with Gasteiger partial charge in [-0.25, -0.2) is 4.79 Å². The summed E-state index contributed by atoms with van der Waals surface area (Å²) < 4.78 is 15.3. The van der Waals surface area contributed by atoms with E-state index in [-0.39, 0.29) is 19.8 Å². The molecule has 6 heteroatoms. The number of aliphatic hydroxyl groups is 1. The van der Waals surface area contributed by atoms with Gasteiger partial charge >= 0.3 is 6.09 Å². The molecule has 1 unspecified atom stereocenters. The van der Waals surface area contributed by atoms with Crippen molar-refractivity contribution in [2.24, 2.45) is 0 Å². The summed E-state index contributed by atoms with van der Waals surface area (Å²) in [5.74, 6) is 0. The van der Waals surface area contributed by atoms with Crippen LogP contribution >= 0.6 is 0 Å². The summed E-state index contributed by atoms with van der Waals surface area (Å²) in [5, 5.41) is 12.1. The highest BCUT2D eigenvalue weighted by Gasteiger charge is 2.08. The number of benzene rings is 1. The van der Waals surface area contributed by atoms with Gasteiger partial charge in [-0.3, -0.25) is 0 Å². The van der Waals surface area contributed by atoms with Crippen LogP contribution in [0.4, 0.5) is 4.79 Å². The first-order chi connectivity index (χ1) is 10.2. The van der Waals surface area contributed by atoms with Crippen LogP contribution in [0.2, 0.25) is 0 Å². The van der Waals surface area contributed by atoms with Crippen LogP contribution in [0.1, 0.15) is 12.5 Å². The number of ether oxygens (including phenoxy) is 3. The molecule has 0 fully saturated rings. The SMILES string of the molecule is CCOCCOCC(O)CNC(=O)OCc1ccccc1. The smallest absolute Gasteiger partial charge is 0.407 e. The number of rotatable bonds is 10. The molecular weight excluding hydrogens is 274 g/mol. The lowest BCUT2D eigenvalue weighted by atomic mass is 10.2. The molecule has 1 amide bonds. The minimum atomic E-state index is -0.768. The summed E-state index contributed by atoms with van der Waals surface area (Å²) in [6.07, 6.45) is -1.33. The fourth-order valence-electron chi connectivity index (χ4n) is 1.52. The van der Waals surface area contributed by atoms with Crippen LogP contribution in [-0.4, -0.2) is 50.3 Å². The van der Waals surface area contributed by atoms with Gasteiger partial charge in [0, 0.05) is 13.2 Å². The van der Waals surface area contributed by atoms with Crippen molar-refractivity contribution in [3.05, 3.63) is 35.9 Å². The summed E-state index contributed by atoms with van der Waals surface area (Å²) in [6.45, 7) is 3.89. The zero-order valence-electron chi connectivity index (χ0n) is 12.3. The third-order valence-corrected chi connectivity index (χ3v) is 2.58. The van der Waals surface area contributed by atoms with Gasteiger partial charge in [0.25, 0.3) is 0 Å². The van der Waals surface area contributed by atoms with Gasteiger partial charge in [-0.1, -0.05) is 30.3 Å². The van der Waals surface area contributed by atoms with E-state index in [0.29, 0.717) is 19.8 Å². The summed E-state index contributed by atoms with van der Waals surface area (Å²) >= 11 is 0. The lowest BCUT2D eigenvalue weighted by Crippen LogP contribution is -2.35. The standard InChI is InChI=1S/C15H23NO5/c1-2-19-8-9-20-12-14(17)10-16-15(18)21-11-13-6-4-3-5-7-13/h3-7,14,17H,2,8-12H2,1H3,(H,16,18). The Morgan fingerprint density at radius 2 is 1.95 bits per heavy atom. The molecule has 21 heavy (non-hydrogen) atoms. The van der Waals surface area contributed by atoms with E-state index in [1.165, 1.54) is 0 Å². The van der Waals surface area contributed by atoms with Gasteiger partial charge < -0.3 is 24.6 Å². The predicted molar refractivity (Wildman–Crippen MR) is 77.9 cm³/mol. The van der Waals surface area contributed by atoms with Crippen molar-refractivity contribution in [1.29, 1.82) is 0 Å². The lowest BCUT2D eigenvalue weighted by Gasteiger charge is -2.12. The molecule has 0 aromatic heterocycles. The van der Waals surface area contributed by atoms with Gasteiger partial charge in [0.15, 0.2) is 0 Å². The average Bonchev–Trinajstić information content (AvgIpc) is 2.51. The molecule has 1 rings (SSSR count). The van der Waals surface area contributed by atoms with Crippen LogP contribution in [0, 0.1) is 0 Å². The molecule has 0 aliphatic rings. The molecule has 0 heterocycles. The molecule has 0 radical (unpaired) electrons. The first kappa shape index (κ1) is 17.4. The van der Waals surface area contributed by atoms with E-state index in [0.717, 1.165) is 5.56 Å². The maximum Gasteiger partial charge on any atom is 0.407 e. The Morgan fingerprint density at radius 1 is 1.24 bits per heavy atom. The molecule has 1 aromatic rings. The molecule has 0 saturated carbocycles. The topological polar surface area (TPSA) is 77.0 Å².